The smallest absolute Gasteiger partial charge is 0.150 e. The maximum atomic E-state index is 13.7. The predicted molar refractivity (Wildman–Crippen MR) is 64.3 cm³/mol. The number of benzene rings is 1. The highest BCUT2D eigenvalue weighted by Crippen LogP contribution is 2.28. The highest BCUT2D eigenvalue weighted by Gasteiger charge is 2.12. The van der Waals surface area contributed by atoms with Crippen LogP contribution in [-0.4, -0.2) is 22.2 Å². The predicted octanol–water partition coefficient (Wildman–Crippen LogP) is 1.37. The molecule has 0 aliphatic heterocycles. The molecule has 0 saturated carbocycles. The summed E-state index contributed by atoms with van der Waals surface area (Å²) in [5, 5.41) is 8.91. The van der Waals surface area contributed by atoms with Crippen LogP contribution in [0.25, 0.3) is 11.3 Å². The van der Waals surface area contributed by atoms with E-state index in [-0.39, 0.29) is 23.7 Å². The maximum absolute atomic E-state index is 13.7. The first kappa shape index (κ1) is 12.3. The van der Waals surface area contributed by atoms with Gasteiger partial charge in [-0.1, -0.05) is 0 Å². The van der Waals surface area contributed by atoms with Crippen LogP contribution >= 0.6 is 0 Å². The van der Waals surface area contributed by atoms with Gasteiger partial charge >= 0.3 is 0 Å². The second-order valence-corrected chi connectivity index (χ2v) is 3.60. The van der Waals surface area contributed by atoms with Crippen LogP contribution in [0.2, 0.25) is 0 Å². The summed E-state index contributed by atoms with van der Waals surface area (Å²) < 4.78 is 18.7. The number of hydrogen-bond acceptors (Lipinski definition) is 5. The van der Waals surface area contributed by atoms with Crippen molar-refractivity contribution in [3.8, 4) is 17.0 Å². The Balaban J connectivity index is 2.54. The Kier molecular flexibility index (Phi) is 3.38. The molecule has 94 valence electrons. The molecule has 0 bridgehead atoms. The van der Waals surface area contributed by atoms with Crippen LogP contribution in [0.4, 0.5) is 10.2 Å². The Morgan fingerprint density at radius 2 is 2.22 bits per heavy atom. The minimum absolute atomic E-state index is 0.0636. The van der Waals surface area contributed by atoms with Crippen LogP contribution in [0.15, 0.2) is 24.4 Å². The van der Waals surface area contributed by atoms with E-state index in [1.54, 1.807) is 0 Å². The number of rotatable bonds is 3. The number of nitrogens with two attached hydrogens (primary N) is 1. The third-order valence-corrected chi connectivity index (χ3v) is 2.44. The molecule has 1 aromatic heterocycles. The molecule has 0 atom stereocenters. The molecule has 0 spiro atoms. The number of aliphatic hydroxyl groups is 1. The van der Waals surface area contributed by atoms with E-state index < -0.39 is 5.82 Å². The lowest BCUT2D eigenvalue weighted by molar-refractivity contribution is 0.276. The molecule has 0 saturated heterocycles. The monoisotopic (exact) mass is 249 g/mol. The van der Waals surface area contributed by atoms with Crippen LogP contribution in [0.5, 0.6) is 5.75 Å². The maximum Gasteiger partial charge on any atom is 0.150 e. The second kappa shape index (κ2) is 4.97. The molecule has 0 unspecified atom stereocenters. The molecule has 0 aliphatic rings. The van der Waals surface area contributed by atoms with Gasteiger partial charge in [-0.05, 0) is 18.2 Å². The van der Waals surface area contributed by atoms with Gasteiger partial charge in [-0.25, -0.2) is 9.37 Å². The molecule has 1 heterocycles. The van der Waals surface area contributed by atoms with Crippen molar-refractivity contribution < 1.29 is 14.2 Å². The minimum atomic E-state index is -0.464. The van der Waals surface area contributed by atoms with Crippen LogP contribution < -0.4 is 10.5 Å². The van der Waals surface area contributed by atoms with E-state index >= 15 is 0 Å². The second-order valence-electron chi connectivity index (χ2n) is 3.60. The van der Waals surface area contributed by atoms with Gasteiger partial charge in [0.15, 0.2) is 5.82 Å². The number of halogens is 1. The van der Waals surface area contributed by atoms with Crippen molar-refractivity contribution in [2.45, 2.75) is 6.61 Å². The zero-order valence-electron chi connectivity index (χ0n) is 9.72. The lowest BCUT2D eigenvalue weighted by Crippen LogP contribution is -2.02. The number of aromatic nitrogens is 2. The summed E-state index contributed by atoms with van der Waals surface area (Å²) in [7, 11) is 1.49. The molecule has 0 aliphatic carbocycles. The fourth-order valence-corrected chi connectivity index (χ4v) is 1.54. The number of methoxy groups -OCH3 is 1. The zero-order valence-corrected chi connectivity index (χ0v) is 9.72. The SMILES string of the molecule is COc1ccc(F)c(-c2ncc(CO)nc2N)c1. The first-order valence-corrected chi connectivity index (χ1v) is 5.22. The zero-order chi connectivity index (χ0) is 13.1. The standard InChI is InChI=1S/C12H12FN3O2/c1-18-8-2-3-10(13)9(4-8)11-12(14)16-7(6-17)5-15-11/h2-5,17H,6H2,1H3,(H2,14,16). The highest BCUT2D eigenvalue weighted by molar-refractivity contribution is 5.71. The van der Waals surface area contributed by atoms with Gasteiger partial charge in [0.2, 0.25) is 0 Å². The minimum Gasteiger partial charge on any atom is -0.497 e. The Hall–Kier alpha value is -2.21. The van der Waals surface area contributed by atoms with E-state index in [9.17, 15) is 4.39 Å². The molecule has 0 radical (unpaired) electrons. The first-order chi connectivity index (χ1) is 8.65. The molecule has 0 amide bonds. The number of nitrogen functional groups attached to an aromatic ring is 1. The summed E-state index contributed by atoms with van der Waals surface area (Å²) in [6.07, 6.45) is 1.35. The van der Waals surface area contributed by atoms with Crippen molar-refractivity contribution in [2.24, 2.45) is 0 Å². The number of nitrogens with zero attached hydrogens (tertiary/aromatic N) is 2. The first-order valence-electron chi connectivity index (χ1n) is 5.22. The fourth-order valence-electron chi connectivity index (χ4n) is 1.54. The molecule has 2 rings (SSSR count). The van der Waals surface area contributed by atoms with Gasteiger partial charge in [-0.2, -0.15) is 0 Å². The lowest BCUT2D eigenvalue weighted by atomic mass is 10.1. The molecule has 2 aromatic rings. The summed E-state index contributed by atoms with van der Waals surface area (Å²) in [6, 6.07) is 4.27. The quantitative estimate of drug-likeness (QED) is 0.858. The molecule has 1 aromatic carbocycles. The largest absolute Gasteiger partial charge is 0.497 e. The van der Waals surface area contributed by atoms with Gasteiger partial charge in [0.1, 0.15) is 17.3 Å². The molecular formula is C12H12FN3O2. The van der Waals surface area contributed by atoms with Gasteiger partial charge in [-0.15, -0.1) is 0 Å². The van der Waals surface area contributed by atoms with E-state index in [1.165, 1.54) is 31.5 Å². The molecule has 3 N–H and O–H groups in total. The van der Waals surface area contributed by atoms with Crippen LogP contribution in [0.1, 0.15) is 5.69 Å². The van der Waals surface area contributed by atoms with Gasteiger partial charge in [0.05, 0.1) is 25.6 Å². The fraction of sp³-hybridized carbons (Fsp3) is 0.167. The summed E-state index contributed by atoms with van der Waals surface area (Å²) in [6.45, 7) is -0.266. The molecule has 6 heteroatoms. The highest BCUT2D eigenvalue weighted by atomic mass is 19.1. The molecule has 5 nitrogen and oxygen atoms in total. The summed E-state index contributed by atoms with van der Waals surface area (Å²) >= 11 is 0. The van der Waals surface area contributed by atoms with Gasteiger partial charge in [0.25, 0.3) is 0 Å². The van der Waals surface area contributed by atoms with E-state index in [0.717, 1.165) is 0 Å². The third-order valence-electron chi connectivity index (χ3n) is 2.44. The number of aliphatic hydroxyl groups excluding tert-OH is 1. The Labute approximate surface area is 103 Å². The van der Waals surface area contributed by atoms with Crippen molar-refractivity contribution >= 4 is 5.82 Å². The third kappa shape index (κ3) is 2.23. The van der Waals surface area contributed by atoms with E-state index in [0.29, 0.717) is 11.4 Å². The van der Waals surface area contributed by atoms with Crippen molar-refractivity contribution in [1.29, 1.82) is 0 Å². The average molecular weight is 249 g/mol. The van der Waals surface area contributed by atoms with Gasteiger partial charge in [0, 0.05) is 5.56 Å². The molecule has 0 fully saturated rings. The number of hydrogen-bond donors (Lipinski definition) is 2. The molecular weight excluding hydrogens is 237 g/mol. The van der Waals surface area contributed by atoms with Crippen molar-refractivity contribution in [2.75, 3.05) is 12.8 Å². The van der Waals surface area contributed by atoms with E-state index in [4.69, 9.17) is 15.6 Å². The van der Waals surface area contributed by atoms with Crippen LogP contribution in [-0.2, 0) is 6.61 Å². The summed E-state index contributed by atoms with van der Waals surface area (Å²) in [4.78, 5) is 7.93. The number of ether oxygens (including phenoxy) is 1. The average Bonchev–Trinajstić information content (AvgIpc) is 2.39. The normalized spacial score (nSPS) is 10.4. The van der Waals surface area contributed by atoms with Gasteiger partial charge < -0.3 is 15.6 Å². The van der Waals surface area contributed by atoms with Crippen molar-refractivity contribution in [1.82, 2.24) is 9.97 Å². The number of anilines is 1. The Morgan fingerprint density at radius 3 is 2.83 bits per heavy atom. The Bertz CT molecular complexity index is 575. The topological polar surface area (TPSA) is 81.3 Å². The lowest BCUT2D eigenvalue weighted by Gasteiger charge is -2.08. The molecule has 18 heavy (non-hydrogen) atoms. The van der Waals surface area contributed by atoms with Crippen LogP contribution in [0, 0.1) is 5.82 Å². The van der Waals surface area contributed by atoms with Gasteiger partial charge in [-0.3, -0.25) is 4.98 Å². The van der Waals surface area contributed by atoms with Crippen molar-refractivity contribution in [3.05, 3.63) is 35.9 Å². The van der Waals surface area contributed by atoms with Crippen molar-refractivity contribution in [3.63, 3.8) is 0 Å². The Morgan fingerprint density at radius 1 is 1.44 bits per heavy atom. The summed E-state index contributed by atoms with van der Waals surface area (Å²) in [5.41, 5.74) is 6.47. The van der Waals surface area contributed by atoms with E-state index in [2.05, 4.69) is 9.97 Å². The summed E-state index contributed by atoms with van der Waals surface area (Å²) in [5.74, 6) is 0.0982. The van der Waals surface area contributed by atoms with E-state index in [1.807, 2.05) is 0 Å². The van der Waals surface area contributed by atoms with Crippen LogP contribution in [0.3, 0.4) is 0 Å².